The van der Waals surface area contributed by atoms with E-state index in [0.29, 0.717) is 17.5 Å². The fourth-order valence-electron chi connectivity index (χ4n) is 7.98. The zero-order valence-corrected chi connectivity index (χ0v) is 30.9. The van der Waals surface area contributed by atoms with Crippen LogP contribution in [0.25, 0.3) is 110 Å². The summed E-state index contributed by atoms with van der Waals surface area (Å²) >= 11 is 1.84. The fraction of sp³-hybridized carbons (Fsp3) is 0. The van der Waals surface area contributed by atoms with Gasteiger partial charge < -0.3 is 4.42 Å². The van der Waals surface area contributed by atoms with Crippen molar-refractivity contribution in [3.63, 3.8) is 0 Å². The Morgan fingerprint density at radius 3 is 1.61 bits per heavy atom. The Bertz CT molecular complexity index is 3180. The minimum atomic E-state index is 0.619. The van der Waals surface area contributed by atoms with Crippen LogP contribution in [0.2, 0.25) is 0 Å². The van der Waals surface area contributed by atoms with Gasteiger partial charge in [0.2, 0.25) is 0 Å². The van der Waals surface area contributed by atoms with Gasteiger partial charge in [-0.3, -0.25) is 0 Å². The number of benzene rings is 8. The van der Waals surface area contributed by atoms with Crippen LogP contribution in [0.3, 0.4) is 0 Å². The van der Waals surface area contributed by atoms with Gasteiger partial charge in [-0.15, -0.1) is 11.3 Å². The molecule has 3 aromatic heterocycles. The van der Waals surface area contributed by atoms with E-state index in [0.717, 1.165) is 55.3 Å². The summed E-state index contributed by atoms with van der Waals surface area (Å²) in [5, 5.41) is 4.66. The van der Waals surface area contributed by atoms with Gasteiger partial charge in [-0.25, -0.2) is 15.0 Å². The normalized spacial score (nSPS) is 11.6. The van der Waals surface area contributed by atoms with Gasteiger partial charge in [0.1, 0.15) is 11.2 Å². The van der Waals surface area contributed by atoms with Crippen LogP contribution in [-0.2, 0) is 0 Å². The van der Waals surface area contributed by atoms with E-state index in [1.165, 1.54) is 36.9 Å². The Labute approximate surface area is 327 Å². The summed E-state index contributed by atoms with van der Waals surface area (Å²) in [4.78, 5) is 15.0. The van der Waals surface area contributed by atoms with Gasteiger partial charge in [0.15, 0.2) is 17.5 Å². The molecule has 0 atom stereocenters. The maximum atomic E-state index is 6.94. The van der Waals surface area contributed by atoms with E-state index in [-0.39, 0.29) is 0 Å². The highest BCUT2D eigenvalue weighted by molar-refractivity contribution is 7.26. The zero-order valence-electron chi connectivity index (χ0n) is 30.1. The molecular weight excluding hydrogens is 703 g/mol. The van der Waals surface area contributed by atoms with Crippen LogP contribution in [0.1, 0.15) is 0 Å². The molecule has 0 unspecified atom stereocenters. The first kappa shape index (κ1) is 32.2. The summed E-state index contributed by atoms with van der Waals surface area (Å²) in [6, 6.07) is 65.6. The first-order chi connectivity index (χ1) is 27.8. The lowest BCUT2D eigenvalue weighted by Crippen LogP contribution is -2.00. The van der Waals surface area contributed by atoms with Gasteiger partial charge >= 0.3 is 0 Å². The zero-order chi connectivity index (χ0) is 37.0. The van der Waals surface area contributed by atoms with Crippen molar-refractivity contribution in [2.24, 2.45) is 0 Å². The Morgan fingerprint density at radius 1 is 0.357 bits per heavy atom. The molecule has 56 heavy (non-hydrogen) atoms. The lowest BCUT2D eigenvalue weighted by Gasteiger charge is -2.15. The number of hydrogen-bond donors (Lipinski definition) is 0. The maximum Gasteiger partial charge on any atom is 0.164 e. The highest BCUT2D eigenvalue weighted by Crippen LogP contribution is 2.49. The minimum Gasteiger partial charge on any atom is -0.455 e. The second kappa shape index (κ2) is 13.3. The lowest BCUT2D eigenvalue weighted by molar-refractivity contribution is 0.670. The molecule has 4 nitrogen and oxygen atoms in total. The van der Waals surface area contributed by atoms with Crippen molar-refractivity contribution >= 4 is 53.4 Å². The number of nitrogens with zero attached hydrogens (tertiary/aromatic N) is 3. The van der Waals surface area contributed by atoms with E-state index in [9.17, 15) is 0 Å². The molecule has 0 aliphatic heterocycles. The largest absolute Gasteiger partial charge is 0.455 e. The Hall–Kier alpha value is -7.21. The third kappa shape index (κ3) is 5.40. The Kier molecular flexibility index (Phi) is 7.64. The van der Waals surface area contributed by atoms with E-state index < -0.39 is 0 Å². The highest BCUT2D eigenvalue weighted by atomic mass is 32.1. The molecule has 0 aliphatic carbocycles. The summed E-state index contributed by atoms with van der Waals surface area (Å²) in [7, 11) is 0. The lowest BCUT2D eigenvalue weighted by atomic mass is 9.88. The fourth-order valence-corrected chi connectivity index (χ4v) is 9.10. The monoisotopic (exact) mass is 733 g/mol. The second-order valence-electron chi connectivity index (χ2n) is 13.9. The van der Waals surface area contributed by atoms with Crippen molar-refractivity contribution in [1.82, 2.24) is 15.0 Å². The molecule has 262 valence electrons. The first-order valence-corrected chi connectivity index (χ1v) is 19.5. The number of furan rings is 1. The molecule has 0 N–H and O–H groups in total. The molecule has 3 heterocycles. The molecule has 0 saturated heterocycles. The van der Waals surface area contributed by atoms with Crippen LogP contribution in [0.4, 0.5) is 0 Å². The number of thiophene rings is 1. The highest BCUT2D eigenvalue weighted by Gasteiger charge is 2.23. The van der Waals surface area contributed by atoms with Crippen molar-refractivity contribution in [3.05, 3.63) is 188 Å². The average molecular weight is 734 g/mol. The predicted octanol–water partition coefficient (Wildman–Crippen LogP) is 14.1. The van der Waals surface area contributed by atoms with Crippen molar-refractivity contribution in [3.8, 4) is 67.5 Å². The van der Waals surface area contributed by atoms with Crippen LogP contribution in [0.5, 0.6) is 0 Å². The van der Waals surface area contributed by atoms with Crippen LogP contribution in [0, 0.1) is 0 Å². The van der Waals surface area contributed by atoms with E-state index in [4.69, 9.17) is 19.4 Å². The summed E-state index contributed by atoms with van der Waals surface area (Å²) in [5.41, 5.74) is 11.2. The van der Waals surface area contributed by atoms with E-state index in [1.54, 1.807) is 0 Å². The minimum absolute atomic E-state index is 0.619. The summed E-state index contributed by atoms with van der Waals surface area (Å²) in [5.74, 6) is 1.89. The van der Waals surface area contributed by atoms with Crippen molar-refractivity contribution in [2.75, 3.05) is 0 Å². The van der Waals surface area contributed by atoms with Gasteiger partial charge in [0.25, 0.3) is 0 Å². The Morgan fingerprint density at radius 2 is 0.893 bits per heavy atom. The molecule has 0 fully saturated rings. The van der Waals surface area contributed by atoms with Crippen LogP contribution in [-0.4, -0.2) is 15.0 Å². The van der Waals surface area contributed by atoms with E-state index in [2.05, 4.69) is 121 Å². The molecule has 0 radical (unpaired) electrons. The number of aromatic nitrogens is 3. The van der Waals surface area contributed by atoms with Crippen LogP contribution < -0.4 is 0 Å². The third-order valence-electron chi connectivity index (χ3n) is 10.6. The standard InChI is InChI=1S/C51H31N3OS/c1-4-15-32(16-5-1)37-29-30-44-47(40-24-11-13-26-43(40)56-44)45(37)41-28-27-38(46-39-23-10-12-25-42(39)55-48(41)46)35-21-14-22-36(31-35)51-53-49(33-17-6-2-7-18-33)52-50(54-51)34-19-8-3-9-20-34/h1-31H. The quantitative estimate of drug-likeness (QED) is 0.171. The molecule has 0 bridgehead atoms. The summed E-state index contributed by atoms with van der Waals surface area (Å²) in [6.07, 6.45) is 0. The topological polar surface area (TPSA) is 51.8 Å². The van der Waals surface area contributed by atoms with Gasteiger partial charge in [-0.2, -0.15) is 0 Å². The number of fused-ring (bicyclic) bond motifs is 6. The Balaban J connectivity index is 1.15. The number of para-hydroxylation sites is 1. The van der Waals surface area contributed by atoms with E-state index in [1.807, 2.05) is 78.1 Å². The molecule has 0 aliphatic rings. The third-order valence-corrected chi connectivity index (χ3v) is 11.7. The van der Waals surface area contributed by atoms with Gasteiger partial charge in [-0.1, -0.05) is 158 Å². The summed E-state index contributed by atoms with van der Waals surface area (Å²) in [6.45, 7) is 0. The van der Waals surface area contributed by atoms with Crippen molar-refractivity contribution in [1.29, 1.82) is 0 Å². The average Bonchev–Trinajstić information content (AvgIpc) is 3.86. The molecule has 0 saturated carbocycles. The molecule has 0 amide bonds. The number of hydrogen-bond acceptors (Lipinski definition) is 5. The molecule has 0 spiro atoms. The van der Waals surface area contributed by atoms with Gasteiger partial charge in [0, 0.05) is 58.8 Å². The molecule has 11 rings (SSSR count). The van der Waals surface area contributed by atoms with Crippen LogP contribution in [0.15, 0.2) is 192 Å². The van der Waals surface area contributed by atoms with Crippen molar-refractivity contribution < 1.29 is 4.42 Å². The molecule has 5 heteroatoms. The number of rotatable bonds is 6. The van der Waals surface area contributed by atoms with Crippen LogP contribution >= 0.6 is 11.3 Å². The van der Waals surface area contributed by atoms with Crippen molar-refractivity contribution in [2.45, 2.75) is 0 Å². The van der Waals surface area contributed by atoms with E-state index >= 15 is 0 Å². The van der Waals surface area contributed by atoms with Gasteiger partial charge in [-0.05, 0) is 52.6 Å². The second-order valence-corrected chi connectivity index (χ2v) is 15.0. The first-order valence-electron chi connectivity index (χ1n) is 18.7. The SMILES string of the molecule is c1ccc(-c2nc(-c3ccccc3)nc(-c3cccc(-c4ccc(-c5c(-c6ccccc6)ccc6sc7ccccc7c56)c5oc6ccccc6c45)c3)n2)cc1. The molecule has 11 aromatic rings. The summed E-state index contributed by atoms with van der Waals surface area (Å²) < 4.78 is 9.47. The molecular formula is C51H31N3OS. The van der Waals surface area contributed by atoms with Gasteiger partial charge in [0.05, 0.1) is 0 Å². The predicted molar refractivity (Wildman–Crippen MR) is 233 cm³/mol. The molecule has 8 aromatic carbocycles. The maximum absolute atomic E-state index is 6.94. The smallest absolute Gasteiger partial charge is 0.164 e.